The van der Waals surface area contributed by atoms with E-state index < -0.39 is 5.63 Å². The molecule has 0 atom stereocenters. The lowest BCUT2D eigenvalue weighted by atomic mass is 10.0. The Balaban J connectivity index is 1.08. The predicted molar refractivity (Wildman–Crippen MR) is 153 cm³/mol. The van der Waals surface area contributed by atoms with Crippen molar-refractivity contribution in [3.63, 3.8) is 0 Å². The van der Waals surface area contributed by atoms with E-state index in [1.54, 1.807) is 10.7 Å². The Kier molecular flexibility index (Phi) is 7.58. The van der Waals surface area contributed by atoms with Crippen molar-refractivity contribution >= 4 is 22.7 Å². The zero-order valence-corrected chi connectivity index (χ0v) is 22.2. The first-order chi connectivity index (χ1) is 19.7. The van der Waals surface area contributed by atoms with Crippen molar-refractivity contribution in [3.05, 3.63) is 113 Å². The number of hydrogen-bond acceptors (Lipinski definition) is 9. The molecule has 0 unspecified atom stereocenters. The van der Waals surface area contributed by atoms with Gasteiger partial charge in [-0.2, -0.15) is 0 Å². The molecule has 0 N–H and O–H groups in total. The predicted octanol–water partition coefficient (Wildman–Crippen LogP) is 5.66. The topological polar surface area (TPSA) is 109 Å². The van der Waals surface area contributed by atoms with Crippen molar-refractivity contribution < 1.29 is 9.15 Å². The number of hydrogen-bond donors (Lipinski definition) is 0. The minimum absolute atomic E-state index is 0.424. The lowest BCUT2D eigenvalue weighted by Crippen LogP contribution is -2.07. The summed E-state index contributed by atoms with van der Waals surface area (Å²) in [6.45, 7) is 1.05. The number of aromatic nitrogens is 6. The Morgan fingerprint density at radius 3 is 2.35 bits per heavy atom. The van der Waals surface area contributed by atoms with Crippen molar-refractivity contribution in [3.8, 4) is 28.3 Å². The molecule has 198 valence electrons. The minimum atomic E-state index is -0.433. The molecule has 0 saturated carbocycles. The molecule has 0 bridgehead atoms. The van der Waals surface area contributed by atoms with Crippen LogP contribution >= 0.6 is 11.8 Å². The van der Waals surface area contributed by atoms with Crippen LogP contribution in [-0.4, -0.2) is 36.8 Å². The van der Waals surface area contributed by atoms with Gasteiger partial charge in [-0.25, -0.2) is 9.78 Å². The zero-order chi connectivity index (χ0) is 27.1. The fraction of sp³-hybridized carbons (Fsp3) is 0.133. The van der Waals surface area contributed by atoms with E-state index in [1.165, 1.54) is 17.8 Å². The van der Waals surface area contributed by atoms with E-state index in [4.69, 9.17) is 14.1 Å². The number of aryl methyl sites for hydroxylation is 1. The highest BCUT2D eigenvalue weighted by atomic mass is 32.2. The molecule has 3 aromatic heterocycles. The van der Waals surface area contributed by atoms with E-state index in [9.17, 15) is 4.79 Å². The summed E-state index contributed by atoms with van der Waals surface area (Å²) in [5.74, 6) is 1.08. The molecule has 0 fully saturated rings. The van der Waals surface area contributed by atoms with Crippen LogP contribution in [0.3, 0.4) is 0 Å². The second-order valence-corrected chi connectivity index (χ2v) is 9.86. The van der Waals surface area contributed by atoms with Gasteiger partial charge in [0.25, 0.3) is 0 Å². The van der Waals surface area contributed by atoms with E-state index >= 15 is 0 Å². The quantitative estimate of drug-likeness (QED) is 0.122. The van der Waals surface area contributed by atoms with E-state index in [2.05, 4.69) is 20.5 Å². The van der Waals surface area contributed by atoms with Crippen LogP contribution in [0.2, 0.25) is 0 Å². The van der Waals surface area contributed by atoms with Crippen LogP contribution in [0.25, 0.3) is 33.5 Å². The lowest BCUT2D eigenvalue weighted by Gasteiger charge is -2.09. The van der Waals surface area contributed by atoms with Gasteiger partial charge >= 0.3 is 5.63 Å². The number of rotatable bonds is 10. The van der Waals surface area contributed by atoms with Gasteiger partial charge in [-0.1, -0.05) is 89.8 Å². The smallest absolute Gasteiger partial charge is 0.339 e. The number of thioether (sulfide) groups is 1. The maximum Gasteiger partial charge on any atom is 0.339 e. The summed E-state index contributed by atoms with van der Waals surface area (Å²) in [5, 5.41) is 18.8. The van der Waals surface area contributed by atoms with Crippen LogP contribution in [0.1, 0.15) is 12.1 Å². The largest absolute Gasteiger partial charge is 0.492 e. The Bertz CT molecular complexity index is 1790. The van der Waals surface area contributed by atoms with Crippen LogP contribution < -0.4 is 10.4 Å². The molecule has 0 saturated heterocycles. The van der Waals surface area contributed by atoms with Gasteiger partial charge in [0.2, 0.25) is 5.16 Å². The fourth-order valence-corrected chi connectivity index (χ4v) is 4.89. The molecular formula is C30H24N6O3S. The molecule has 40 heavy (non-hydrogen) atoms. The first kappa shape index (κ1) is 25.4. The summed E-state index contributed by atoms with van der Waals surface area (Å²) >= 11 is 1.46. The van der Waals surface area contributed by atoms with E-state index in [-0.39, 0.29) is 0 Å². The highest BCUT2D eigenvalue weighted by Gasteiger charge is 2.14. The Morgan fingerprint density at radius 2 is 1.55 bits per heavy atom. The van der Waals surface area contributed by atoms with Gasteiger partial charge in [0.1, 0.15) is 22.7 Å². The van der Waals surface area contributed by atoms with Crippen LogP contribution in [0.4, 0.5) is 0 Å². The van der Waals surface area contributed by atoms with Crippen molar-refractivity contribution in [1.82, 2.24) is 30.2 Å². The average molecular weight is 549 g/mol. The molecule has 6 aromatic rings. The number of ether oxygens (including phenoxy) is 1. The molecule has 9 nitrogen and oxygen atoms in total. The summed E-state index contributed by atoms with van der Waals surface area (Å²) in [6, 6.07) is 28.6. The van der Waals surface area contributed by atoms with Crippen LogP contribution in [0.15, 0.2) is 112 Å². The van der Waals surface area contributed by atoms with E-state index in [1.807, 2.05) is 85.1 Å². The van der Waals surface area contributed by atoms with Crippen LogP contribution in [-0.2, 0) is 12.3 Å². The Morgan fingerprint density at radius 1 is 0.825 bits per heavy atom. The summed E-state index contributed by atoms with van der Waals surface area (Å²) in [7, 11) is 0. The maximum atomic E-state index is 11.8. The van der Waals surface area contributed by atoms with Gasteiger partial charge in [-0.15, -0.1) is 15.3 Å². The van der Waals surface area contributed by atoms with E-state index in [0.29, 0.717) is 41.8 Å². The van der Waals surface area contributed by atoms with Crippen molar-refractivity contribution in [2.75, 3.05) is 6.61 Å². The summed E-state index contributed by atoms with van der Waals surface area (Å²) in [5.41, 5.74) is 4.37. The number of nitrogens with zero attached hydrogens (tertiary/aromatic N) is 6. The van der Waals surface area contributed by atoms with Gasteiger partial charge in [-0.05, 0) is 12.1 Å². The van der Waals surface area contributed by atoms with Gasteiger partial charge in [0.05, 0.1) is 23.8 Å². The SMILES string of the molecule is O=c1cc(OCCCn2cc(CSc3nnc(-c4ccccc4)c(-c4ccccc4)n3)nn2)c2ccccc2o1. The maximum absolute atomic E-state index is 11.8. The summed E-state index contributed by atoms with van der Waals surface area (Å²) in [4.78, 5) is 16.7. The molecule has 0 amide bonds. The number of fused-ring (bicyclic) bond motifs is 1. The summed E-state index contributed by atoms with van der Waals surface area (Å²) < 4.78 is 12.9. The highest BCUT2D eigenvalue weighted by molar-refractivity contribution is 7.98. The van der Waals surface area contributed by atoms with Gasteiger partial charge < -0.3 is 9.15 Å². The van der Waals surface area contributed by atoms with Crippen LogP contribution in [0.5, 0.6) is 5.75 Å². The van der Waals surface area contributed by atoms with Crippen LogP contribution in [0, 0.1) is 0 Å². The third-order valence-corrected chi connectivity index (χ3v) is 6.97. The zero-order valence-electron chi connectivity index (χ0n) is 21.4. The Labute approximate surface area is 233 Å². The van der Waals surface area contributed by atoms with Gasteiger partial charge in [0, 0.05) is 36.0 Å². The molecular weight excluding hydrogens is 524 g/mol. The monoisotopic (exact) mass is 548 g/mol. The lowest BCUT2D eigenvalue weighted by molar-refractivity contribution is 0.299. The molecule has 0 radical (unpaired) electrons. The molecule has 0 spiro atoms. The van der Waals surface area contributed by atoms with Crippen molar-refractivity contribution in [2.24, 2.45) is 0 Å². The molecule has 0 aliphatic heterocycles. The number of benzene rings is 3. The first-order valence-corrected chi connectivity index (χ1v) is 13.7. The third kappa shape index (κ3) is 5.92. The average Bonchev–Trinajstić information content (AvgIpc) is 3.46. The van der Waals surface area contributed by atoms with Gasteiger partial charge in [-0.3, -0.25) is 4.68 Å². The molecule has 10 heteroatoms. The van der Waals surface area contributed by atoms with Gasteiger partial charge in [0.15, 0.2) is 0 Å². The minimum Gasteiger partial charge on any atom is -0.492 e. The standard InChI is InChI=1S/C30H24N6O3S/c37-27-18-26(24-14-7-8-15-25(24)39-27)38-17-9-16-36-19-23(32-35-36)20-40-30-31-28(21-10-3-1-4-11-21)29(33-34-30)22-12-5-2-6-13-22/h1-8,10-15,18-19H,9,16-17,20H2. The molecule has 0 aliphatic carbocycles. The van der Waals surface area contributed by atoms with Crippen molar-refractivity contribution in [2.45, 2.75) is 23.9 Å². The highest BCUT2D eigenvalue weighted by Crippen LogP contribution is 2.30. The normalized spacial score (nSPS) is 11.1. The molecule has 6 rings (SSSR count). The number of para-hydroxylation sites is 1. The first-order valence-electron chi connectivity index (χ1n) is 12.8. The third-order valence-electron chi connectivity index (χ3n) is 6.10. The van der Waals surface area contributed by atoms with E-state index in [0.717, 1.165) is 33.6 Å². The van der Waals surface area contributed by atoms with Crippen molar-refractivity contribution in [1.29, 1.82) is 0 Å². The summed E-state index contributed by atoms with van der Waals surface area (Å²) in [6.07, 6.45) is 2.60. The molecule has 3 heterocycles. The second-order valence-electron chi connectivity index (χ2n) is 8.91. The Hall–Kier alpha value is -4.83. The second kappa shape index (κ2) is 11.9. The fourth-order valence-electron chi connectivity index (χ4n) is 4.22. The molecule has 0 aliphatic rings. The molecule has 3 aromatic carbocycles.